The van der Waals surface area contributed by atoms with Crippen molar-refractivity contribution in [2.45, 2.75) is 31.9 Å². The standard InChI is InChI=1S/C6H12OS.C2H6/c1-3-6(8-2)4-7-5-6;1-2/h3-5H2,1-2H3;1-2H3. The summed E-state index contributed by atoms with van der Waals surface area (Å²) in [4.78, 5) is 0. The van der Waals surface area contributed by atoms with Gasteiger partial charge in [0.25, 0.3) is 0 Å². The van der Waals surface area contributed by atoms with E-state index in [1.54, 1.807) is 0 Å². The molecule has 1 aliphatic rings. The highest BCUT2D eigenvalue weighted by Crippen LogP contribution is 2.33. The van der Waals surface area contributed by atoms with Crippen LogP contribution in [0.4, 0.5) is 0 Å². The third kappa shape index (κ3) is 2.17. The average Bonchev–Trinajstić information content (AvgIpc) is 1.93. The molecule has 10 heavy (non-hydrogen) atoms. The smallest absolute Gasteiger partial charge is 0.0636 e. The topological polar surface area (TPSA) is 9.23 Å². The second-order valence-corrected chi connectivity index (χ2v) is 3.51. The van der Waals surface area contributed by atoms with Crippen molar-refractivity contribution in [2.24, 2.45) is 0 Å². The molecule has 0 aliphatic carbocycles. The minimum Gasteiger partial charge on any atom is -0.378 e. The van der Waals surface area contributed by atoms with Crippen LogP contribution in [-0.4, -0.2) is 24.2 Å². The molecule has 0 aromatic carbocycles. The first-order valence-corrected chi connectivity index (χ1v) is 5.18. The van der Waals surface area contributed by atoms with Gasteiger partial charge >= 0.3 is 0 Å². The molecule has 62 valence electrons. The summed E-state index contributed by atoms with van der Waals surface area (Å²) in [5.41, 5.74) is 0. The van der Waals surface area contributed by atoms with E-state index in [4.69, 9.17) is 4.74 Å². The Morgan fingerprint density at radius 2 is 1.90 bits per heavy atom. The van der Waals surface area contributed by atoms with Crippen molar-refractivity contribution in [3.05, 3.63) is 0 Å². The Morgan fingerprint density at radius 1 is 1.40 bits per heavy atom. The van der Waals surface area contributed by atoms with E-state index in [2.05, 4.69) is 13.2 Å². The van der Waals surface area contributed by atoms with Crippen molar-refractivity contribution in [2.75, 3.05) is 19.5 Å². The summed E-state index contributed by atoms with van der Waals surface area (Å²) in [6, 6.07) is 0. The summed E-state index contributed by atoms with van der Waals surface area (Å²) < 4.78 is 5.60. The molecule has 2 heteroatoms. The van der Waals surface area contributed by atoms with Crippen molar-refractivity contribution >= 4 is 11.8 Å². The zero-order valence-electron chi connectivity index (χ0n) is 7.44. The van der Waals surface area contributed by atoms with Crippen LogP contribution >= 0.6 is 11.8 Å². The van der Waals surface area contributed by atoms with Crippen molar-refractivity contribution in [3.63, 3.8) is 0 Å². The quantitative estimate of drug-likeness (QED) is 0.617. The van der Waals surface area contributed by atoms with Gasteiger partial charge in [0, 0.05) is 0 Å². The molecule has 1 nitrogen and oxygen atoms in total. The number of thioether (sulfide) groups is 1. The largest absolute Gasteiger partial charge is 0.378 e. The van der Waals surface area contributed by atoms with E-state index in [0.29, 0.717) is 4.75 Å². The molecule has 1 rings (SSSR count). The Bertz CT molecular complexity index is 65.8. The summed E-state index contributed by atoms with van der Waals surface area (Å²) >= 11 is 1.93. The number of hydrogen-bond donors (Lipinski definition) is 0. The maximum atomic E-state index is 5.10. The van der Waals surface area contributed by atoms with E-state index >= 15 is 0 Å². The van der Waals surface area contributed by atoms with E-state index in [-0.39, 0.29) is 0 Å². The van der Waals surface area contributed by atoms with Crippen molar-refractivity contribution < 1.29 is 4.74 Å². The van der Waals surface area contributed by atoms with Crippen molar-refractivity contribution in [3.8, 4) is 0 Å². The SMILES string of the molecule is CC.CCC1(SC)COC1. The Balaban J connectivity index is 0.000000371. The van der Waals surface area contributed by atoms with Gasteiger partial charge in [-0.05, 0) is 12.7 Å². The molecule has 0 saturated carbocycles. The fraction of sp³-hybridized carbons (Fsp3) is 1.00. The van der Waals surface area contributed by atoms with E-state index < -0.39 is 0 Å². The second kappa shape index (κ2) is 5.03. The van der Waals surface area contributed by atoms with Crippen LogP contribution in [-0.2, 0) is 4.74 Å². The lowest BCUT2D eigenvalue weighted by atomic mass is 10.0. The molecule has 0 bridgehead atoms. The van der Waals surface area contributed by atoms with Gasteiger partial charge in [-0.2, -0.15) is 11.8 Å². The molecule has 0 aromatic heterocycles. The molecule has 0 atom stereocenters. The molecule has 0 radical (unpaired) electrons. The predicted octanol–water partition coefficient (Wildman–Crippen LogP) is 2.55. The van der Waals surface area contributed by atoms with Gasteiger partial charge in [0.15, 0.2) is 0 Å². The zero-order valence-corrected chi connectivity index (χ0v) is 8.25. The first-order chi connectivity index (χ1) is 4.83. The fourth-order valence-electron chi connectivity index (χ4n) is 0.796. The van der Waals surface area contributed by atoms with Gasteiger partial charge in [-0.1, -0.05) is 20.8 Å². The first-order valence-electron chi connectivity index (χ1n) is 3.96. The molecule has 0 amide bonds. The molecule has 1 heterocycles. The fourth-order valence-corrected chi connectivity index (χ4v) is 1.49. The number of hydrogen-bond acceptors (Lipinski definition) is 2. The molecular formula is C8H18OS. The first kappa shape index (κ1) is 10.3. The lowest BCUT2D eigenvalue weighted by Gasteiger charge is -2.39. The van der Waals surface area contributed by atoms with Crippen molar-refractivity contribution in [1.82, 2.24) is 0 Å². The van der Waals surface area contributed by atoms with E-state index in [1.165, 1.54) is 6.42 Å². The van der Waals surface area contributed by atoms with Gasteiger partial charge in [0.05, 0.1) is 18.0 Å². The number of rotatable bonds is 2. The molecule has 0 aromatic rings. The molecule has 1 fully saturated rings. The highest BCUT2D eigenvalue weighted by molar-refractivity contribution is 8.00. The van der Waals surface area contributed by atoms with Gasteiger partial charge in [-0.25, -0.2) is 0 Å². The van der Waals surface area contributed by atoms with Crippen LogP contribution in [0, 0.1) is 0 Å². The molecule has 1 saturated heterocycles. The molecule has 1 aliphatic heterocycles. The summed E-state index contributed by atoms with van der Waals surface area (Å²) in [7, 11) is 0. The highest BCUT2D eigenvalue weighted by atomic mass is 32.2. The molecule has 0 spiro atoms. The van der Waals surface area contributed by atoms with E-state index in [0.717, 1.165) is 13.2 Å². The van der Waals surface area contributed by atoms with Gasteiger partial charge in [-0.15, -0.1) is 0 Å². The second-order valence-electron chi connectivity index (χ2n) is 2.23. The minimum absolute atomic E-state index is 0.500. The Labute approximate surface area is 68.5 Å². The van der Waals surface area contributed by atoms with Crippen LogP contribution in [0.1, 0.15) is 27.2 Å². The van der Waals surface area contributed by atoms with Crippen LogP contribution < -0.4 is 0 Å². The third-order valence-corrected chi connectivity index (χ3v) is 3.20. The van der Waals surface area contributed by atoms with Gasteiger partial charge < -0.3 is 4.74 Å². The minimum atomic E-state index is 0.500. The average molecular weight is 162 g/mol. The van der Waals surface area contributed by atoms with E-state index in [9.17, 15) is 0 Å². The van der Waals surface area contributed by atoms with Crippen LogP contribution in [0.2, 0.25) is 0 Å². The number of ether oxygens (including phenoxy) is 1. The van der Waals surface area contributed by atoms with Gasteiger partial charge in [-0.3, -0.25) is 0 Å². The molecule has 0 N–H and O–H groups in total. The van der Waals surface area contributed by atoms with Crippen LogP contribution in [0.15, 0.2) is 0 Å². The zero-order chi connectivity index (χ0) is 8.04. The summed E-state index contributed by atoms with van der Waals surface area (Å²) in [5, 5.41) is 0. The van der Waals surface area contributed by atoms with Crippen LogP contribution in [0.3, 0.4) is 0 Å². The van der Waals surface area contributed by atoms with Gasteiger partial charge in [0.2, 0.25) is 0 Å². The van der Waals surface area contributed by atoms with Crippen LogP contribution in [0.5, 0.6) is 0 Å². The van der Waals surface area contributed by atoms with Crippen LogP contribution in [0.25, 0.3) is 0 Å². The highest BCUT2D eigenvalue weighted by Gasteiger charge is 2.35. The molecule has 0 unspecified atom stereocenters. The lowest BCUT2D eigenvalue weighted by molar-refractivity contribution is -0.00982. The Kier molecular flexibility index (Phi) is 5.18. The Hall–Kier alpha value is 0.310. The van der Waals surface area contributed by atoms with E-state index in [1.807, 2.05) is 25.6 Å². The normalized spacial score (nSPS) is 20.4. The summed E-state index contributed by atoms with van der Waals surface area (Å²) in [5.74, 6) is 0. The summed E-state index contributed by atoms with van der Waals surface area (Å²) in [6.07, 6.45) is 3.40. The van der Waals surface area contributed by atoms with Gasteiger partial charge in [0.1, 0.15) is 0 Å². The third-order valence-electron chi connectivity index (χ3n) is 1.81. The maximum absolute atomic E-state index is 5.10. The predicted molar refractivity (Wildman–Crippen MR) is 48.7 cm³/mol. The lowest BCUT2D eigenvalue weighted by Crippen LogP contribution is -2.45. The maximum Gasteiger partial charge on any atom is 0.0636 e. The van der Waals surface area contributed by atoms with Crippen molar-refractivity contribution in [1.29, 1.82) is 0 Å². The molecular weight excluding hydrogens is 144 g/mol. The Morgan fingerprint density at radius 3 is 1.90 bits per heavy atom. The monoisotopic (exact) mass is 162 g/mol. The summed E-state index contributed by atoms with van der Waals surface area (Å²) in [6.45, 7) is 8.15.